The lowest BCUT2D eigenvalue weighted by Gasteiger charge is -2.40. The largest absolute Gasteiger partial charge is 0.376 e. The van der Waals surface area contributed by atoms with E-state index in [-0.39, 0.29) is 11.5 Å². The van der Waals surface area contributed by atoms with Crippen LogP contribution in [0, 0.1) is 0 Å². The Bertz CT molecular complexity index is 455. The SMILES string of the molecule is COC1(CNC(=O)c2cccc(Br)c2Cl)CCC1. The van der Waals surface area contributed by atoms with Crippen LogP contribution < -0.4 is 5.32 Å². The molecule has 1 aromatic carbocycles. The average molecular weight is 333 g/mol. The van der Waals surface area contributed by atoms with Crippen LogP contribution in [0.25, 0.3) is 0 Å². The van der Waals surface area contributed by atoms with E-state index in [1.165, 1.54) is 0 Å². The number of rotatable bonds is 4. The standard InChI is InChI=1S/C13H15BrClNO2/c1-18-13(6-3-7-13)8-16-12(17)9-4-2-5-10(14)11(9)15/h2,4-5H,3,6-8H2,1H3,(H,16,17). The smallest absolute Gasteiger partial charge is 0.252 e. The minimum Gasteiger partial charge on any atom is -0.376 e. The second-order valence-electron chi connectivity index (χ2n) is 4.52. The summed E-state index contributed by atoms with van der Waals surface area (Å²) in [5, 5.41) is 3.33. The number of hydrogen-bond acceptors (Lipinski definition) is 2. The first kappa shape index (κ1) is 13.8. The first-order chi connectivity index (χ1) is 8.58. The molecular formula is C13H15BrClNO2. The highest BCUT2D eigenvalue weighted by Crippen LogP contribution is 2.34. The fraction of sp³-hybridized carbons (Fsp3) is 0.462. The molecule has 2 rings (SSSR count). The maximum atomic E-state index is 12.0. The third-order valence-electron chi connectivity index (χ3n) is 3.47. The zero-order valence-corrected chi connectivity index (χ0v) is 12.5. The number of halogens is 2. The maximum Gasteiger partial charge on any atom is 0.252 e. The van der Waals surface area contributed by atoms with E-state index in [1.54, 1.807) is 19.2 Å². The van der Waals surface area contributed by atoms with Crippen molar-refractivity contribution < 1.29 is 9.53 Å². The van der Waals surface area contributed by atoms with Gasteiger partial charge in [0.1, 0.15) is 0 Å². The zero-order chi connectivity index (χ0) is 13.2. The lowest BCUT2D eigenvalue weighted by molar-refractivity contribution is -0.0679. The van der Waals surface area contributed by atoms with Gasteiger partial charge in [-0.25, -0.2) is 0 Å². The third kappa shape index (κ3) is 2.71. The minimum atomic E-state index is -0.172. The molecule has 98 valence electrons. The van der Waals surface area contributed by atoms with Crippen LogP contribution in [-0.2, 0) is 4.74 Å². The average Bonchev–Trinajstić information content (AvgIpc) is 2.31. The van der Waals surface area contributed by atoms with E-state index in [0.29, 0.717) is 17.1 Å². The van der Waals surface area contributed by atoms with Gasteiger partial charge in [0.2, 0.25) is 0 Å². The van der Waals surface area contributed by atoms with Gasteiger partial charge in [0.15, 0.2) is 0 Å². The monoisotopic (exact) mass is 331 g/mol. The van der Waals surface area contributed by atoms with Gasteiger partial charge in [0.05, 0.1) is 16.2 Å². The van der Waals surface area contributed by atoms with E-state index >= 15 is 0 Å². The van der Waals surface area contributed by atoms with Crippen molar-refractivity contribution in [2.75, 3.05) is 13.7 Å². The molecule has 0 aromatic heterocycles. The van der Waals surface area contributed by atoms with Crippen molar-refractivity contribution in [1.82, 2.24) is 5.32 Å². The Balaban J connectivity index is 2.02. The summed E-state index contributed by atoms with van der Waals surface area (Å²) in [6.07, 6.45) is 3.15. The molecule has 3 nitrogen and oxygen atoms in total. The van der Waals surface area contributed by atoms with Gasteiger partial charge in [-0.3, -0.25) is 4.79 Å². The molecule has 0 bridgehead atoms. The molecule has 1 fully saturated rings. The molecule has 1 amide bonds. The van der Waals surface area contributed by atoms with Gasteiger partial charge in [-0.1, -0.05) is 17.7 Å². The summed E-state index contributed by atoms with van der Waals surface area (Å²) in [7, 11) is 1.69. The second-order valence-corrected chi connectivity index (χ2v) is 5.76. The van der Waals surface area contributed by atoms with Crippen LogP contribution in [0.3, 0.4) is 0 Å². The number of amides is 1. The molecular weight excluding hydrogens is 318 g/mol. The summed E-state index contributed by atoms with van der Waals surface area (Å²) < 4.78 is 6.18. The molecule has 0 spiro atoms. The fourth-order valence-corrected chi connectivity index (χ4v) is 2.62. The minimum absolute atomic E-state index is 0.162. The molecule has 5 heteroatoms. The normalized spacial score (nSPS) is 17.1. The molecule has 0 saturated heterocycles. The zero-order valence-electron chi connectivity index (χ0n) is 10.1. The Labute approximate surface area is 120 Å². The van der Waals surface area contributed by atoms with Crippen LogP contribution in [0.15, 0.2) is 22.7 Å². The Morgan fingerprint density at radius 1 is 1.56 bits per heavy atom. The summed E-state index contributed by atoms with van der Waals surface area (Å²) in [4.78, 5) is 12.0. The van der Waals surface area contributed by atoms with Gasteiger partial charge >= 0.3 is 0 Å². The van der Waals surface area contributed by atoms with Crippen molar-refractivity contribution in [1.29, 1.82) is 0 Å². The predicted octanol–water partition coefficient (Wildman–Crippen LogP) is 3.40. The van der Waals surface area contributed by atoms with E-state index in [9.17, 15) is 4.79 Å². The molecule has 1 aliphatic rings. The lowest BCUT2D eigenvalue weighted by atomic mass is 9.80. The van der Waals surface area contributed by atoms with Crippen molar-refractivity contribution in [3.8, 4) is 0 Å². The Morgan fingerprint density at radius 3 is 2.83 bits per heavy atom. The Morgan fingerprint density at radius 2 is 2.28 bits per heavy atom. The molecule has 1 aromatic rings. The second kappa shape index (κ2) is 5.59. The number of carbonyl (C=O) groups is 1. The van der Waals surface area contributed by atoms with Gasteiger partial charge in [-0.05, 0) is 47.3 Å². The van der Waals surface area contributed by atoms with Gasteiger partial charge in [-0.15, -0.1) is 0 Å². The molecule has 1 saturated carbocycles. The molecule has 1 aliphatic carbocycles. The molecule has 0 unspecified atom stereocenters. The first-order valence-electron chi connectivity index (χ1n) is 5.85. The number of benzene rings is 1. The van der Waals surface area contributed by atoms with Crippen LogP contribution in [0.5, 0.6) is 0 Å². The Hall–Kier alpha value is -0.580. The number of hydrogen-bond donors (Lipinski definition) is 1. The van der Waals surface area contributed by atoms with Gasteiger partial charge < -0.3 is 10.1 Å². The summed E-state index contributed by atoms with van der Waals surface area (Å²) >= 11 is 9.39. The quantitative estimate of drug-likeness (QED) is 0.917. The van der Waals surface area contributed by atoms with E-state index in [4.69, 9.17) is 16.3 Å². The van der Waals surface area contributed by atoms with E-state index < -0.39 is 0 Å². The van der Waals surface area contributed by atoms with Crippen molar-refractivity contribution in [3.05, 3.63) is 33.3 Å². The van der Waals surface area contributed by atoms with Crippen molar-refractivity contribution in [2.24, 2.45) is 0 Å². The molecule has 0 heterocycles. The lowest BCUT2D eigenvalue weighted by Crippen LogP contribution is -2.49. The number of carbonyl (C=O) groups excluding carboxylic acids is 1. The van der Waals surface area contributed by atoms with Crippen molar-refractivity contribution >= 4 is 33.4 Å². The molecule has 0 radical (unpaired) electrons. The summed E-state index contributed by atoms with van der Waals surface area (Å²) in [5.41, 5.74) is 0.311. The van der Waals surface area contributed by atoms with Crippen LogP contribution in [0.4, 0.5) is 0 Å². The topological polar surface area (TPSA) is 38.3 Å². The Kier molecular flexibility index (Phi) is 4.30. The molecule has 1 N–H and O–H groups in total. The number of methoxy groups -OCH3 is 1. The summed E-state index contributed by atoms with van der Waals surface area (Å²) in [5.74, 6) is -0.162. The van der Waals surface area contributed by atoms with Crippen LogP contribution in [0.1, 0.15) is 29.6 Å². The summed E-state index contributed by atoms with van der Waals surface area (Å²) in [6, 6.07) is 5.31. The van der Waals surface area contributed by atoms with Crippen LogP contribution >= 0.6 is 27.5 Å². The fourth-order valence-electron chi connectivity index (χ4n) is 2.04. The number of nitrogens with one attached hydrogen (secondary N) is 1. The highest BCUT2D eigenvalue weighted by atomic mass is 79.9. The predicted molar refractivity (Wildman–Crippen MR) is 75.1 cm³/mol. The highest BCUT2D eigenvalue weighted by molar-refractivity contribution is 9.10. The number of ether oxygens (including phenoxy) is 1. The van der Waals surface area contributed by atoms with E-state index in [0.717, 1.165) is 23.7 Å². The van der Waals surface area contributed by atoms with Gasteiger partial charge in [0, 0.05) is 18.1 Å². The van der Waals surface area contributed by atoms with Crippen molar-refractivity contribution in [2.45, 2.75) is 24.9 Å². The molecule has 0 atom stereocenters. The highest BCUT2D eigenvalue weighted by Gasteiger charge is 2.37. The summed E-state index contributed by atoms with van der Waals surface area (Å²) in [6.45, 7) is 0.533. The third-order valence-corrected chi connectivity index (χ3v) is 4.76. The van der Waals surface area contributed by atoms with E-state index in [2.05, 4.69) is 21.2 Å². The van der Waals surface area contributed by atoms with Crippen molar-refractivity contribution in [3.63, 3.8) is 0 Å². The first-order valence-corrected chi connectivity index (χ1v) is 7.02. The molecule has 0 aliphatic heterocycles. The molecule has 18 heavy (non-hydrogen) atoms. The van der Waals surface area contributed by atoms with E-state index in [1.807, 2.05) is 6.07 Å². The maximum absolute atomic E-state index is 12.0. The van der Waals surface area contributed by atoms with Gasteiger partial charge in [0.25, 0.3) is 5.91 Å². The van der Waals surface area contributed by atoms with Crippen LogP contribution in [0.2, 0.25) is 5.02 Å². The van der Waals surface area contributed by atoms with Crippen LogP contribution in [-0.4, -0.2) is 25.2 Å². The van der Waals surface area contributed by atoms with Gasteiger partial charge in [-0.2, -0.15) is 0 Å².